The summed E-state index contributed by atoms with van der Waals surface area (Å²) in [6, 6.07) is 0. The summed E-state index contributed by atoms with van der Waals surface area (Å²) in [5, 5.41) is 0. The number of carbonyl (C=O) groups is 1. The molecule has 0 bridgehead atoms. The van der Waals surface area contributed by atoms with Crippen molar-refractivity contribution in [2.24, 2.45) is 11.7 Å². The molecule has 0 radical (unpaired) electrons. The van der Waals surface area contributed by atoms with Crippen molar-refractivity contribution >= 4 is 17.7 Å². The topological polar surface area (TPSA) is 64.8 Å². The SMILES string of the molecule is C\C=C(/C=C\C=C\Cl)C(OCCN)C1CCCN(C(=O)OC(C)(C)C)C1. The number of likely N-dealkylation sites (tertiary alicyclic amines) is 1. The second-order valence-corrected chi connectivity index (χ2v) is 7.63. The number of amides is 1. The molecular formula is C20H33ClN2O3. The van der Waals surface area contributed by atoms with Crippen LogP contribution in [0.25, 0.3) is 0 Å². The van der Waals surface area contributed by atoms with Gasteiger partial charge in [-0.15, -0.1) is 0 Å². The first kappa shape index (κ1) is 22.7. The van der Waals surface area contributed by atoms with Gasteiger partial charge >= 0.3 is 6.09 Å². The average Bonchev–Trinajstić information content (AvgIpc) is 2.59. The maximum Gasteiger partial charge on any atom is 0.410 e. The molecule has 26 heavy (non-hydrogen) atoms. The molecule has 1 aliphatic heterocycles. The molecule has 2 N–H and O–H groups in total. The molecule has 1 heterocycles. The molecule has 5 nitrogen and oxygen atoms in total. The molecule has 1 saturated heterocycles. The highest BCUT2D eigenvalue weighted by molar-refractivity contribution is 6.25. The number of ether oxygens (including phenoxy) is 2. The van der Waals surface area contributed by atoms with Crippen LogP contribution in [0.5, 0.6) is 0 Å². The summed E-state index contributed by atoms with van der Waals surface area (Å²) in [4.78, 5) is 14.2. The summed E-state index contributed by atoms with van der Waals surface area (Å²) in [6.07, 6.45) is 9.21. The number of piperidine rings is 1. The van der Waals surface area contributed by atoms with Crippen LogP contribution in [0.1, 0.15) is 40.5 Å². The Morgan fingerprint density at radius 3 is 2.69 bits per heavy atom. The summed E-state index contributed by atoms with van der Waals surface area (Å²) in [6.45, 7) is 9.89. The van der Waals surface area contributed by atoms with Crippen LogP contribution in [0.2, 0.25) is 0 Å². The van der Waals surface area contributed by atoms with Crippen molar-refractivity contribution in [2.75, 3.05) is 26.2 Å². The Bertz CT molecular complexity index is 524. The Balaban J connectivity index is 2.90. The summed E-state index contributed by atoms with van der Waals surface area (Å²) >= 11 is 5.59. The van der Waals surface area contributed by atoms with E-state index < -0.39 is 5.60 Å². The summed E-state index contributed by atoms with van der Waals surface area (Å²) in [5.41, 5.74) is 7.67. The van der Waals surface area contributed by atoms with Gasteiger partial charge in [0.25, 0.3) is 0 Å². The molecule has 0 spiro atoms. The quantitative estimate of drug-likeness (QED) is 0.667. The molecule has 0 saturated carbocycles. The third-order valence-electron chi connectivity index (χ3n) is 4.09. The van der Waals surface area contributed by atoms with Crippen LogP contribution in [-0.2, 0) is 9.47 Å². The number of hydrogen-bond donors (Lipinski definition) is 1. The number of carbonyl (C=O) groups excluding carboxylic acids is 1. The first-order valence-corrected chi connectivity index (χ1v) is 9.65. The van der Waals surface area contributed by atoms with Gasteiger partial charge in [-0.25, -0.2) is 4.79 Å². The second kappa shape index (κ2) is 11.4. The Kier molecular flexibility index (Phi) is 9.99. The van der Waals surface area contributed by atoms with Crippen LogP contribution in [-0.4, -0.2) is 48.9 Å². The van der Waals surface area contributed by atoms with Crippen LogP contribution in [0.15, 0.2) is 35.4 Å². The fourth-order valence-corrected chi connectivity index (χ4v) is 3.10. The van der Waals surface area contributed by atoms with Gasteiger partial charge in [-0.1, -0.05) is 35.9 Å². The molecule has 0 aromatic heterocycles. The molecule has 0 aromatic rings. The summed E-state index contributed by atoms with van der Waals surface area (Å²) in [5.74, 6) is 0.193. The molecule has 1 fully saturated rings. The van der Waals surface area contributed by atoms with Gasteiger partial charge in [-0.05, 0) is 46.1 Å². The molecule has 0 aliphatic carbocycles. The molecule has 2 atom stereocenters. The van der Waals surface area contributed by atoms with Crippen molar-refractivity contribution in [3.8, 4) is 0 Å². The zero-order valence-electron chi connectivity index (χ0n) is 16.4. The van der Waals surface area contributed by atoms with Crippen molar-refractivity contribution in [1.29, 1.82) is 0 Å². The van der Waals surface area contributed by atoms with Gasteiger partial charge in [0.05, 0.1) is 12.7 Å². The van der Waals surface area contributed by atoms with Gasteiger partial charge in [-0.2, -0.15) is 0 Å². The van der Waals surface area contributed by atoms with Crippen LogP contribution in [0, 0.1) is 5.92 Å². The van der Waals surface area contributed by atoms with E-state index in [0.717, 1.165) is 18.4 Å². The minimum atomic E-state index is -0.495. The third-order valence-corrected chi connectivity index (χ3v) is 4.23. The van der Waals surface area contributed by atoms with Gasteiger partial charge in [0.1, 0.15) is 5.60 Å². The van der Waals surface area contributed by atoms with Crippen molar-refractivity contribution in [3.63, 3.8) is 0 Å². The highest BCUT2D eigenvalue weighted by Gasteiger charge is 2.33. The minimum absolute atomic E-state index is 0.117. The number of hydrogen-bond acceptors (Lipinski definition) is 4. The lowest BCUT2D eigenvalue weighted by atomic mass is 9.88. The minimum Gasteiger partial charge on any atom is -0.444 e. The lowest BCUT2D eigenvalue weighted by molar-refractivity contribution is -0.00808. The predicted molar refractivity (Wildman–Crippen MR) is 107 cm³/mol. The number of nitrogens with two attached hydrogens (primary N) is 1. The van der Waals surface area contributed by atoms with Gasteiger partial charge < -0.3 is 20.1 Å². The molecule has 0 aromatic carbocycles. The van der Waals surface area contributed by atoms with Crippen LogP contribution >= 0.6 is 11.6 Å². The summed E-state index contributed by atoms with van der Waals surface area (Å²) in [7, 11) is 0. The molecule has 6 heteroatoms. The van der Waals surface area contributed by atoms with Crippen molar-refractivity contribution in [2.45, 2.75) is 52.2 Å². The Morgan fingerprint density at radius 2 is 2.12 bits per heavy atom. The lowest BCUT2D eigenvalue weighted by Crippen LogP contribution is -2.46. The van der Waals surface area contributed by atoms with Crippen LogP contribution in [0.3, 0.4) is 0 Å². The van der Waals surface area contributed by atoms with E-state index in [1.165, 1.54) is 5.54 Å². The van der Waals surface area contributed by atoms with Crippen LogP contribution in [0.4, 0.5) is 4.79 Å². The monoisotopic (exact) mass is 384 g/mol. The first-order valence-electron chi connectivity index (χ1n) is 9.21. The number of rotatable bonds is 7. The number of allylic oxidation sites excluding steroid dienone is 3. The zero-order chi connectivity index (χ0) is 19.6. The van der Waals surface area contributed by atoms with E-state index in [2.05, 4.69) is 0 Å². The molecule has 1 aliphatic rings. The van der Waals surface area contributed by atoms with E-state index in [-0.39, 0.29) is 18.1 Å². The highest BCUT2D eigenvalue weighted by atomic mass is 35.5. The van der Waals surface area contributed by atoms with Crippen molar-refractivity contribution in [3.05, 3.63) is 35.4 Å². The zero-order valence-corrected chi connectivity index (χ0v) is 17.2. The fourth-order valence-electron chi connectivity index (χ4n) is 3.01. The van der Waals surface area contributed by atoms with E-state index in [9.17, 15) is 4.79 Å². The smallest absolute Gasteiger partial charge is 0.410 e. The Labute approximate surface area is 162 Å². The maximum atomic E-state index is 12.4. The van der Waals surface area contributed by atoms with E-state index in [0.29, 0.717) is 26.2 Å². The molecule has 1 amide bonds. The number of nitrogens with zero attached hydrogens (tertiary/aromatic N) is 1. The van der Waals surface area contributed by atoms with E-state index in [1.807, 2.05) is 45.9 Å². The van der Waals surface area contributed by atoms with Crippen LogP contribution < -0.4 is 5.73 Å². The molecule has 2 unspecified atom stereocenters. The van der Waals surface area contributed by atoms with Gasteiger partial charge in [0.15, 0.2) is 0 Å². The largest absolute Gasteiger partial charge is 0.444 e. The van der Waals surface area contributed by atoms with Crippen molar-refractivity contribution < 1.29 is 14.3 Å². The predicted octanol–water partition coefficient (Wildman–Crippen LogP) is 4.23. The first-order chi connectivity index (χ1) is 12.3. The van der Waals surface area contributed by atoms with Gasteiger partial charge in [0.2, 0.25) is 0 Å². The van der Waals surface area contributed by atoms with Crippen molar-refractivity contribution in [1.82, 2.24) is 4.90 Å². The maximum absolute atomic E-state index is 12.4. The average molecular weight is 385 g/mol. The highest BCUT2D eigenvalue weighted by Crippen LogP contribution is 2.28. The Hall–Kier alpha value is -1.30. The Morgan fingerprint density at radius 1 is 1.38 bits per heavy atom. The normalized spacial score (nSPS) is 20.8. The van der Waals surface area contributed by atoms with E-state index >= 15 is 0 Å². The van der Waals surface area contributed by atoms with E-state index in [4.69, 9.17) is 26.8 Å². The summed E-state index contributed by atoms with van der Waals surface area (Å²) < 4.78 is 11.6. The molecular weight excluding hydrogens is 352 g/mol. The molecule has 148 valence electrons. The third kappa shape index (κ3) is 7.94. The second-order valence-electron chi connectivity index (χ2n) is 7.37. The standard InChI is InChI=1S/C20H33ClN2O3/c1-5-16(9-6-7-11-21)18(25-14-12-22)17-10-8-13-23(15-17)19(24)26-20(2,3)4/h5-7,9,11,17-18H,8,10,12-15,22H2,1-4H3/b9-6-,11-7+,16-5+. The number of halogens is 1. The van der Waals surface area contributed by atoms with E-state index in [1.54, 1.807) is 11.0 Å². The van der Waals surface area contributed by atoms with Gasteiger partial charge in [0, 0.05) is 31.1 Å². The fraction of sp³-hybridized carbons (Fsp3) is 0.650. The molecule has 1 rings (SSSR count). The lowest BCUT2D eigenvalue weighted by Gasteiger charge is -2.38. The van der Waals surface area contributed by atoms with Gasteiger partial charge in [-0.3, -0.25) is 0 Å².